The molecule has 2 aromatic carbocycles. The summed E-state index contributed by atoms with van der Waals surface area (Å²) in [6, 6.07) is 12.9. The number of hydrogen-bond acceptors (Lipinski definition) is 4. The van der Waals surface area contributed by atoms with Gasteiger partial charge in [-0.1, -0.05) is 53.6 Å². The predicted molar refractivity (Wildman–Crippen MR) is 106 cm³/mol. The molecule has 0 atom stereocenters. The summed E-state index contributed by atoms with van der Waals surface area (Å²) >= 11 is 18.3. The molecule has 3 rings (SSSR count). The number of morpholine rings is 1. The van der Waals surface area contributed by atoms with Crippen LogP contribution in [-0.2, 0) is 11.3 Å². The van der Waals surface area contributed by atoms with Gasteiger partial charge in [-0.05, 0) is 18.2 Å². The largest absolute Gasteiger partial charge is 0.486 e. The molecule has 134 valence electrons. The van der Waals surface area contributed by atoms with E-state index >= 15 is 0 Å². The summed E-state index contributed by atoms with van der Waals surface area (Å²) in [6.45, 7) is 3.01. The number of benzene rings is 2. The van der Waals surface area contributed by atoms with Gasteiger partial charge in [-0.2, -0.15) is 5.26 Å². The first-order valence-corrected chi connectivity index (χ1v) is 9.23. The lowest BCUT2D eigenvalue weighted by Gasteiger charge is -2.29. The second-order valence-corrected chi connectivity index (χ2v) is 6.93. The average molecular weight is 407 g/mol. The summed E-state index contributed by atoms with van der Waals surface area (Å²) < 4.78 is 11.1. The van der Waals surface area contributed by atoms with E-state index in [0.29, 0.717) is 39.6 Å². The molecule has 1 aliphatic heterocycles. The molecule has 1 fully saturated rings. The van der Waals surface area contributed by atoms with Crippen molar-refractivity contribution in [1.82, 2.24) is 4.90 Å². The molecule has 0 spiro atoms. The molecule has 0 amide bonds. The highest BCUT2D eigenvalue weighted by Crippen LogP contribution is 2.35. The van der Waals surface area contributed by atoms with Gasteiger partial charge in [0.2, 0.25) is 0 Å². The summed E-state index contributed by atoms with van der Waals surface area (Å²) in [5, 5.41) is 9.93. The van der Waals surface area contributed by atoms with Gasteiger partial charge in [0.25, 0.3) is 0 Å². The van der Waals surface area contributed by atoms with Gasteiger partial charge >= 0.3 is 0 Å². The van der Waals surface area contributed by atoms with Crippen LogP contribution in [0.2, 0.25) is 10.0 Å². The fourth-order valence-electron chi connectivity index (χ4n) is 2.68. The van der Waals surface area contributed by atoms with Gasteiger partial charge in [0, 0.05) is 24.2 Å². The van der Waals surface area contributed by atoms with Gasteiger partial charge in [0.15, 0.2) is 5.75 Å². The molecule has 0 bridgehead atoms. The second kappa shape index (κ2) is 8.70. The van der Waals surface area contributed by atoms with Crippen molar-refractivity contribution in [3.8, 4) is 11.8 Å². The van der Waals surface area contributed by atoms with E-state index in [2.05, 4.69) is 11.0 Å². The standard InChI is InChI=1S/C19H16Cl2N2O2S/c20-16-9-15(19(26)23-5-7-24-8-6-23)10-17(21)18(16)25-12-14-4-2-1-3-13(14)11-22/h1-4,9-10H,5-8,12H2. The molecule has 4 nitrogen and oxygen atoms in total. The van der Waals surface area contributed by atoms with E-state index in [1.54, 1.807) is 18.2 Å². The van der Waals surface area contributed by atoms with Crippen molar-refractivity contribution in [3.63, 3.8) is 0 Å². The highest BCUT2D eigenvalue weighted by atomic mass is 35.5. The number of halogens is 2. The molecule has 0 unspecified atom stereocenters. The lowest BCUT2D eigenvalue weighted by atomic mass is 10.1. The first kappa shape index (κ1) is 18.9. The molecule has 7 heteroatoms. The lowest BCUT2D eigenvalue weighted by Crippen LogP contribution is -2.40. The Bertz CT molecular complexity index is 838. The zero-order chi connectivity index (χ0) is 18.5. The van der Waals surface area contributed by atoms with Crippen molar-refractivity contribution < 1.29 is 9.47 Å². The number of ether oxygens (including phenoxy) is 2. The first-order valence-electron chi connectivity index (χ1n) is 8.07. The van der Waals surface area contributed by atoms with Gasteiger partial charge in [-0.3, -0.25) is 0 Å². The molecule has 0 saturated carbocycles. The van der Waals surface area contributed by atoms with E-state index < -0.39 is 0 Å². The fraction of sp³-hybridized carbons (Fsp3) is 0.263. The van der Waals surface area contributed by atoms with Crippen LogP contribution in [0.4, 0.5) is 0 Å². The molecule has 1 saturated heterocycles. The number of thiocarbonyl (C=S) groups is 1. The zero-order valence-corrected chi connectivity index (χ0v) is 16.2. The van der Waals surface area contributed by atoms with E-state index in [1.807, 2.05) is 18.2 Å². The summed E-state index contributed by atoms with van der Waals surface area (Å²) in [6.07, 6.45) is 0. The summed E-state index contributed by atoms with van der Waals surface area (Å²) in [4.78, 5) is 2.77. The van der Waals surface area contributed by atoms with Crippen LogP contribution in [0.15, 0.2) is 36.4 Å². The molecule has 26 heavy (non-hydrogen) atoms. The SMILES string of the molecule is N#Cc1ccccc1COc1c(Cl)cc(C(=S)N2CCOCC2)cc1Cl. The van der Waals surface area contributed by atoms with Crippen molar-refractivity contribution in [2.45, 2.75) is 6.61 Å². The van der Waals surface area contributed by atoms with Crippen LogP contribution in [0.25, 0.3) is 0 Å². The van der Waals surface area contributed by atoms with Crippen molar-refractivity contribution in [2.75, 3.05) is 26.3 Å². The molecule has 2 aromatic rings. The lowest BCUT2D eigenvalue weighted by molar-refractivity contribution is 0.0693. The number of nitrogens with zero attached hydrogens (tertiary/aromatic N) is 2. The molecular weight excluding hydrogens is 391 g/mol. The molecular formula is C19H16Cl2N2O2S. The highest BCUT2D eigenvalue weighted by Gasteiger charge is 2.18. The molecule has 1 heterocycles. The van der Waals surface area contributed by atoms with Gasteiger partial charge in [0.05, 0.1) is 34.9 Å². The van der Waals surface area contributed by atoms with Gasteiger partial charge in [-0.25, -0.2) is 0 Å². The van der Waals surface area contributed by atoms with E-state index in [0.717, 1.165) is 24.2 Å². The zero-order valence-electron chi connectivity index (χ0n) is 13.9. The van der Waals surface area contributed by atoms with Crippen LogP contribution in [0.5, 0.6) is 5.75 Å². The van der Waals surface area contributed by atoms with Crippen LogP contribution >= 0.6 is 35.4 Å². The van der Waals surface area contributed by atoms with Crippen LogP contribution in [-0.4, -0.2) is 36.2 Å². The number of nitriles is 1. The van der Waals surface area contributed by atoms with E-state index in [9.17, 15) is 0 Å². The highest BCUT2D eigenvalue weighted by molar-refractivity contribution is 7.80. The Hall–Kier alpha value is -1.84. The Balaban J connectivity index is 1.77. The van der Waals surface area contributed by atoms with Crippen molar-refractivity contribution in [1.29, 1.82) is 5.26 Å². The van der Waals surface area contributed by atoms with Crippen molar-refractivity contribution in [3.05, 3.63) is 63.1 Å². The number of rotatable bonds is 4. The van der Waals surface area contributed by atoms with Gasteiger partial charge < -0.3 is 14.4 Å². The minimum Gasteiger partial charge on any atom is -0.486 e. The minimum absolute atomic E-state index is 0.205. The van der Waals surface area contributed by atoms with Crippen LogP contribution in [0.1, 0.15) is 16.7 Å². The molecule has 1 aliphatic rings. The normalized spacial score (nSPS) is 14.0. The Morgan fingerprint density at radius 3 is 2.50 bits per heavy atom. The van der Waals surface area contributed by atoms with Crippen LogP contribution in [0, 0.1) is 11.3 Å². The fourth-order valence-corrected chi connectivity index (χ4v) is 3.57. The average Bonchev–Trinajstić information content (AvgIpc) is 2.67. The maximum absolute atomic E-state index is 9.16. The topological polar surface area (TPSA) is 45.5 Å². The first-order chi connectivity index (χ1) is 12.6. The summed E-state index contributed by atoms with van der Waals surface area (Å²) in [7, 11) is 0. The molecule has 0 aliphatic carbocycles. The maximum Gasteiger partial charge on any atom is 0.157 e. The molecule has 0 radical (unpaired) electrons. The minimum atomic E-state index is 0.205. The van der Waals surface area contributed by atoms with Gasteiger partial charge in [0.1, 0.15) is 11.6 Å². The van der Waals surface area contributed by atoms with E-state index in [-0.39, 0.29) is 6.61 Å². The Morgan fingerprint density at radius 1 is 1.19 bits per heavy atom. The molecule has 0 aromatic heterocycles. The predicted octanol–water partition coefficient (Wildman–Crippen LogP) is 4.45. The monoisotopic (exact) mass is 406 g/mol. The van der Waals surface area contributed by atoms with Crippen molar-refractivity contribution >= 4 is 40.4 Å². The van der Waals surface area contributed by atoms with Crippen LogP contribution < -0.4 is 4.74 Å². The molecule has 0 N–H and O–H groups in total. The Kier molecular flexibility index (Phi) is 6.33. The van der Waals surface area contributed by atoms with E-state index in [4.69, 9.17) is 50.2 Å². The van der Waals surface area contributed by atoms with Crippen molar-refractivity contribution in [2.24, 2.45) is 0 Å². The Morgan fingerprint density at radius 2 is 1.85 bits per heavy atom. The van der Waals surface area contributed by atoms with Crippen LogP contribution in [0.3, 0.4) is 0 Å². The smallest absolute Gasteiger partial charge is 0.157 e. The quantitative estimate of drug-likeness (QED) is 0.701. The second-order valence-electron chi connectivity index (χ2n) is 5.73. The third kappa shape index (κ3) is 4.28. The van der Waals surface area contributed by atoms with Gasteiger partial charge in [-0.15, -0.1) is 0 Å². The van der Waals surface area contributed by atoms with E-state index in [1.165, 1.54) is 0 Å². The maximum atomic E-state index is 9.16. The summed E-state index contributed by atoms with van der Waals surface area (Å²) in [5.74, 6) is 0.384. The third-order valence-electron chi connectivity index (χ3n) is 4.05. The Labute approximate surface area is 167 Å². The third-order valence-corrected chi connectivity index (χ3v) is 5.11. The number of hydrogen-bond donors (Lipinski definition) is 0. The summed E-state index contributed by atoms with van der Waals surface area (Å²) in [5.41, 5.74) is 2.11.